The maximum Gasteiger partial charge on any atom is 0.286 e. The minimum Gasteiger partial charge on any atom is -0.486 e. The zero-order chi connectivity index (χ0) is 22.1. The topological polar surface area (TPSA) is 86.1 Å². The average molecular weight is 445 g/mol. The number of hydrogen-bond acceptors (Lipinski definition) is 6. The molecule has 3 heterocycles. The average Bonchev–Trinajstić information content (AvgIpc) is 3.31. The van der Waals surface area contributed by atoms with Crippen LogP contribution in [0.1, 0.15) is 11.4 Å². The van der Waals surface area contributed by atoms with Crippen LogP contribution in [0.2, 0.25) is 0 Å². The molecule has 1 aliphatic heterocycles. The summed E-state index contributed by atoms with van der Waals surface area (Å²) in [7, 11) is 1.94. The number of nitrogens with zero attached hydrogens (tertiary/aromatic N) is 3. The second-order valence-electron chi connectivity index (χ2n) is 7.51. The third kappa shape index (κ3) is 4.09. The monoisotopic (exact) mass is 444 g/mol. The van der Waals surface area contributed by atoms with Crippen LogP contribution in [0, 0.1) is 0 Å². The van der Waals surface area contributed by atoms with Crippen LogP contribution in [0.25, 0.3) is 22.4 Å². The molecule has 5 rings (SSSR count). The number of rotatable bonds is 6. The lowest BCUT2D eigenvalue weighted by molar-refractivity contribution is -0.118. The number of hydrogen-bond donors (Lipinski definition) is 1. The summed E-state index contributed by atoms with van der Waals surface area (Å²) in [5.74, 6) is 1.25. The Morgan fingerprint density at radius 2 is 1.78 bits per heavy atom. The number of aromatic nitrogens is 3. The zero-order valence-electron chi connectivity index (χ0n) is 17.3. The molecule has 2 aromatic carbocycles. The molecule has 0 radical (unpaired) electrons. The lowest BCUT2D eigenvalue weighted by Crippen LogP contribution is -2.25. The minimum absolute atomic E-state index is 0.230. The number of carbonyl (C=O) groups excluding carboxylic acids is 2. The molecule has 0 spiro atoms. The minimum atomic E-state index is -0.373. The summed E-state index contributed by atoms with van der Waals surface area (Å²) in [6.45, 7) is 0.308. The highest BCUT2D eigenvalue weighted by Gasteiger charge is 2.31. The van der Waals surface area contributed by atoms with Gasteiger partial charge in [0, 0.05) is 12.6 Å². The predicted octanol–water partition coefficient (Wildman–Crippen LogP) is 4.11. The van der Waals surface area contributed by atoms with Crippen molar-refractivity contribution in [3.63, 3.8) is 0 Å². The second-order valence-corrected chi connectivity index (χ2v) is 8.69. The van der Waals surface area contributed by atoms with E-state index in [1.807, 2.05) is 78.3 Å². The van der Waals surface area contributed by atoms with E-state index in [4.69, 9.17) is 9.72 Å². The summed E-state index contributed by atoms with van der Waals surface area (Å²) in [6, 6.07) is 21.6. The normalized spacial score (nSPS) is 15.8. The number of imidazole rings is 1. The molecule has 160 valence electrons. The van der Waals surface area contributed by atoms with Crippen LogP contribution in [0.3, 0.4) is 0 Å². The SMILES string of the molecule is Cn1c(COc2ccc(CC3SC(=O)NC3=O)cc2)nc2ccc(-c3ccccc3)nc21. The van der Waals surface area contributed by atoms with Crippen LogP contribution < -0.4 is 10.1 Å². The number of carbonyl (C=O) groups is 2. The number of thioether (sulfide) groups is 1. The van der Waals surface area contributed by atoms with Gasteiger partial charge < -0.3 is 9.30 Å². The van der Waals surface area contributed by atoms with Gasteiger partial charge in [-0.25, -0.2) is 9.97 Å². The molecule has 1 aliphatic rings. The summed E-state index contributed by atoms with van der Waals surface area (Å²) in [6.07, 6.45) is 0.503. The molecule has 2 aromatic heterocycles. The number of aryl methyl sites for hydroxylation is 1. The summed E-state index contributed by atoms with van der Waals surface area (Å²) < 4.78 is 7.88. The van der Waals surface area contributed by atoms with Gasteiger partial charge in [0.15, 0.2) is 5.65 Å². The fourth-order valence-corrected chi connectivity index (χ4v) is 4.48. The van der Waals surface area contributed by atoms with Gasteiger partial charge in [-0.3, -0.25) is 14.9 Å². The van der Waals surface area contributed by atoms with Crippen LogP contribution in [-0.4, -0.2) is 30.9 Å². The van der Waals surface area contributed by atoms with E-state index in [1.54, 1.807) is 0 Å². The molecule has 1 saturated heterocycles. The molecule has 0 aliphatic carbocycles. The van der Waals surface area contributed by atoms with E-state index in [0.717, 1.165) is 45.6 Å². The van der Waals surface area contributed by atoms with Crippen molar-refractivity contribution in [3.8, 4) is 17.0 Å². The first-order valence-electron chi connectivity index (χ1n) is 10.2. The Bertz CT molecular complexity index is 1300. The van der Waals surface area contributed by atoms with Crippen molar-refractivity contribution in [1.29, 1.82) is 0 Å². The highest BCUT2D eigenvalue weighted by atomic mass is 32.2. The molecular formula is C24H20N4O3S. The van der Waals surface area contributed by atoms with E-state index in [2.05, 4.69) is 10.3 Å². The Balaban J connectivity index is 1.27. The van der Waals surface area contributed by atoms with Crippen LogP contribution in [0.15, 0.2) is 66.7 Å². The van der Waals surface area contributed by atoms with Gasteiger partial charge in [0.25, 0.3) is 5.24 Å². The van der Waals surface area contributed by atoms with Crippen molar-refractivity contribution in [1.82, 2.24) is 19.9 Å². The molecule has 0 saturated carbocycles. The number of amides is 2. The smallest absolute Gasteiger partial charge is 0.286 e. The van der Waals surface area contributed by atoms with Crippen LogP contribution in [0.4, 0.5) is 4.79 Å². The molecule has 1 N–H and O–H groups in total. The number of pyridine rings is 1. The Hall–Kier alpha value is -3.65. The lowest BCUT2D eigenvalue weighted by atomic mass is 10.1. The maximum atomic E-state index is 11.7. The van der Waals surface area contributed by atoms with Gasteiger partial charge in [0.05, 0.1) is 10.9 Å². The maximum absolute atomic E-state index is 11.7. The molecule has 1 unspecified atom stereocenters. The zero-order valence-corrected chi connectivity index (χ0v) is 18.1. The molecule has 1 fully saturated rings. The van der Waals surface area contributed by atoms with E-state index in [-0.39, 0.29) is 16.4 Å². The largest absolute Gasteiger partial charge is 0.486 e. The highest BCUT2D eigenvalue weighted by molar-refractivity contribution is 8.15. The Kier molecular flexibility index (Phi) is 5.36. The van der Waals surface area contributed by atoms with Gasteiger partial charge in [-0.05, 0) is 36.2 Å². The first kappa shape index (κ1) is 20.3. The number of fused-ring (bicyclic) bond motifs is 1. The van der Waals surface area contributed by atoms with Gasteiger partial charge in [-0.1, -0.05) is 54.2 Å². The lowest BCUT2D eigenvalue weighted by Gasteiger charge is -2.09. The summed E-state index contributed by atoms with van der Waals surface area (Å²) in [5.41, 5.74) is 4.57. The fraction of sp³-hybridized carbons (Fsp3) is 0.167. The summed E-state index contributed by atoms with van der Waals surface area (Å²) >= 11 is 1.04. The van der Waals surface area contributed by atoms with Crippen molar-refractivity contribution in [2.45, 2.75) is 18.3 Å². The van der Waals surface area contributed by atoms with Gasteiger partial charge in [-0.2, -0.15) is 0 Å². The van der Waals surface area contributed by atoms with E-state index in [9.17, 15) is 9.59 Å². The number of benzene rings is 2. The third-order valence-electron chi connectivity index (χ3n) is 5.36. The quantitative estimate of drug-likeness (QED) is 0.482. The standard InChI is InChI=1S/C24H20N4O3S/c1-28-21(25-19-12-11-18(26-22(19)28)16-5-3-2-4-6-16)14-31-17-9-7-15(8-10-17)13-20-23(29)27-24(30)32-20/h2-12,20H,13-14H2,1H3,(H,27,29,30). The second kappa shape index (κ2) is 8.47. The van der Waals surface area contributed by atoms with Crippen molar-refractivity contribution in [2.75, 3.05) is 0 Å². The molecular weight excluding hydrogens is 424 g/mol. The first-order valence-corrected chi connectivity index (χ1v) is 11.1. The van der Waals surface area contributed by atoms with E-state index in [1.165, 1.54) is 0 Å². The van der Waals surface area contributed by atoms with Crippen LogP contribution >= 0.6 is 11.8 Å². The Morgan fingerprint density at radius 3 is 2.50 bits per heavy atom. The molecule has 0 bridgehead atoms. The van der Waals surface area contributed by atoms with Crippen molar-refractivity contribution in [2.24, 2.45) is 7.05 Å². The Labute approximate surface area is 188 Å². The first-order chi connectivity index (χ1) is 15.6. The van der Waals surface area contributed by atoms with Crippen molar-refractivity contribution in [3.05, 3.63) is 78.1 Å². The molecule has 4 aromatic rings. The fourth-order valence-electron chi connectivity index (χ4n) is 3.62. The van der Waals surface area contributed by atoms with E-state index in [0.29, 0.717) is 18.8 Å². The number of ether oxygens (including phenoxy) is 1. The van der Waals surface area contributed by atoms with Gasteiger partial charge >= 0.3 is 0 Å². The third-order valence-corrected chi connectivity index (χ3v) is 6.34. The van der Waals surface area contributed by atoms with Gasteiger partial charge in [0.2, 0.25) is 5.91 Å². The van der Waals surface area contributed by atoms with Crippen LogP contribution in [-0.2, 0) is 24.9 Å². The molecule has 7 nitrogen and oxygen atoms in total. The van der Waals surface area contributed by atoms with Crippen molar-refractivity contribution < 1.29 is 14.3 Å². The van der Waals surface area contributed by atoms with E-state index < -0.39 is 0 Å². The molecule has 2 amide bonds. The number of imide groups is 1. The summed E-state index contributed by atoms with van der Waals surface area (Å²) in [5, 5.41) is 1.65. The Morgan fingerprint density at radius 1 is 1.00 bits per heavy atom. The van der Waals surface area contributed by atoms with E-state index >= 15 is 0 Å². The number of nitrogens with one attached hydrogen (secondary N) is 1. The predicted molar refractivity (Wildman–Crippen MR) is 123 cm³/mol. The van der Waals surface area contributed by atoms with Gasteiger partial charge in [0.1, 0.15) is 23.7 Å². The highest BCUT2D eigenvalue weighted by Crippen LogP contribution is 2.25. The molecule has 32 heavy (non-hydrogen) atoms. The van der Waals surface area contributed by atoms with Gasteiger partial charge in [-0.15, -0.1) is 0 Å². The van der Waals surface area contributed by atoms with Crippen LogP contribution in [0.5, 0.6) is 5.75 Å². The summed E-state index contributed by atoms with van der Waals surface area (Å²) in [4.78, 5) is 32.5. The molecule has 8 heteroatoms. The van der Waals surface area contributed by atoms with Crippen molar-refractivity contribution >= 4 is 34.1 Å². The molecule has 1 atom stereocenters.